The van der Waals surface area contributed by atoms with Gasteiger partial charge in [0.05, 0.1) is 73.4 Å². The number of aliphatic hydroxyl groups excluding tert-OH is 1. The highest BCUT2D eigenvalue weighted by atomic mass is 33.3. The lowest BCUT2D eigenvalue weighted by Gasteiger charge is -2.67. The second-order valence-corrected chi connectivity index (χ2v) is 124. The second-order valence-electron chi connectivity index (χ2n) is 17.1. The van der Waals surface area contributed by atoms with Crippen molar-refractivity contribution in [2.24, 2.45) is 16.7 Å². The van der Waals surface area contributed by atoms with E-state index in [4.69, 9.17) is 32.5 Å². The van der Waals surface area contributed by atoms with Crippen molar-refractivity contribution in [3.05, 3.63) is 41.0 Å². The molecule has 39 heteroatoms. The van der Waals surface area contributed by atoms with Gasteiger partial charge >= 0.3 is 0 Å². The third-order valence-corrected chi connectivity index (χ3v) is 156. The van der Waals surface area contributed by atoms with Crippen LogP contribution >= 0.6 is 243 Å². The van der Waals surface area contributed by atoms with Crippen molar-refractivity contribution >= 4 is 243 Å². The standard InChI is InChI=1S/C29H72O9P30/c1-16-19(36-56(40)67(63(49)50)68(64(51)52)65(53)54)12-29(31)25(30)24-27(4,11-20(23(16)26(29,2)3)37-58(61(45)46)66(55-39)62(47)48)21(38-57(59(41)42)60(43)44)10-22-28(24,14-33-15-34-22)35-13-17-6-8-18(32-5)9-7-17/h6-9,19-22,24-25,30-31,55H,10-15,39-54H2,1-5H3/t19-,20+,21-,22+,24-,25-,27+,28-,29+,56?,58?,66?,67?/m0/s1. The molecule has 68 heavy (non-hydrogen) atoms. The highest BCUT2D eigenvalue weighted by molar-refractivity contribution is 9.25. The maximum Gasteiger partial charge on any atom is 0.147 e. The summed E-state index contributed by atoms with van der Waals surface area (Å²) < 4.78 is 49.2. The van der Waals surface area contributed by atoms with Crippen LogP contribution in [0.2, 0.25) is 0 Å². The molecule has 1 aromatic carbocycles. The third-order valence-electron chi connectivity index (χ3n) is 12.9. The van der Waals surface area contributed by atoms with Crippen LogP contribution in [0, 0.1) is 16.7 Å². The largest absolute Gasteiger partial charge is 0.497 e. The zero-order valence-corrected chi connectivity index (χ0v) is 69.4. The number of hydrogen-bond acceptors (Lipinski definition) is 9. The molecule has 0 amide bonds. The van der Waals surface area contributed by atoms with E-state index >= 15 is 0 Å². The molecule has 30 atom stereocenters. The third kappa shape index (κ3) is 16.3. The molecule has 0 radical (unpaired) electrons. The highest BCUT2D eigenvalue weighted by Gasteiger charge is 2.73. The molecule has 3 fully saturated rings. The lowest BCUT2D eigenvalue weighted by Crippen LogP contribution is -2.77. The first kappa shape index (κ1) is 70.1. The van der Waals surface area contributed by atoms with Crippen molar-refractivity contribution in [2.75, 3.05) is 20.5 Å². The maximum atomic E-state index is 14.3. The molecule has 2 saturated carbocycles. The number of benzene rings is 1. The quantitative estimate of drug-likeness (QED) is 0.0920. The molecule has 1 aliphatic heterocycles. The summed E-state index contributed by atoms with van der Waals surface area (Å²) in [6.45, 7) is 4.43. The van der Waals surface area contributed by atoms with Crippen LogP contribution in [0.5, 0.6) is 5.75 Å². The molecular weight excluding hydrogens is 1420 g/mol. The fourth-order valence-electron chi connectivity index (χ4n) is 9.89. The SMILES string of the molecule is COc1ccc(CO[C@@]23COCO[C@@H]2C[C@H](OP(P(P)P)P(P)P)[C@@]2(C)C[C@@H](OP(P(P)P)P(PP)P(P)P)C4=C(C)[C@@H](OP(P)P(P(P)P)P(P(P)P)P(P)P)C[C@@](O)([C@@H](O)[C@@H]23)C4(C)C)cc1. The predicted molar refractivity (Wildman–Crippen MR) is 387 cm³/mol. The number of hydrogen-bond donors (Lipinski definition) is 2. The molecular formula is C29H72O9P30. The first-order valence-corrected chi connectivity index (χ1v) is 72.5. The Morgan fingerprint density at radius 1 is 0.735 bits per heavy atom. The Morgan fingerprint density at radius 2 is 1.31 bits per heavy atom. The minimum absolute atomic E-state index is 0.103. The van der Waals surface area contributed by atoms with Crippen LogP contribution in [0.15, 0.2) is 35.4 Å². The van der Waals surface area contributed by atoms with Gasteiger partial charge in [0.15, 0.2) is 0 Å². The summed E-state index contributed by atoms with van der Waals surface area (Å²) in [6, 6.07) is 7.93. The van der Waals surface area contributed by atoms with Crippen molar-refractivity contribution in [3.8, 4) is 5.75 Å². The van der Waals surface area contributed by atoms with Crippen LogP contribution in [-0.4, -0.2) is 72.4 Å². The zero-order chi connectivity index (χ0) is 51.0. The van der Waals surface area contributed by atoms with E-state index in [1.54, 1.807) is 7.11 Å². The van der Waals surface area contributed by atoms with Gasteiger partial charge in [-0.1, -0.05) is 49.8 Å². The molecule has 3 aliphatic carbocycles. The van der Waals surface area contributed by atoms with Crippen molar-refractivity contribution < 1.29 is 42.7 Å². The van der Waals surface area contributed by atoms with E-state index in [1.807, 2.05) is 24.3 Å². The van der Waals surface area contributed by atoms with Crippen molar-refractivity contribution in [2.45, 2.75) is 95.3 Å². The molecule has 1 heterocycles. The molecule has 0 aromatic heterocycles. The van der Waals surface area contributed by atoms with E-state index in [9.17, 15) is 10.2 Å². The fraction of sp³-hybridized carbons (Fsp3) is 0.724. The van der Waals surface area contributed by atoms with Crippen molar-refractivity contribution in [1.29, 1.82) is 0 Å². The van der Waals surface area contributed by atoms with E-state index in [1.165, 1.54) is 0 Å². The van der Waals surface area contributed by atoms with E-state index in [0.29, 0.717) is 20.8 Å². The Labute approximate surface area is 461 Å². The number of methoxy groups -OCH3 is 1. The molecule has 4 aliphatic rings. The number of rotatable bonds is 21. The van der Waals surface area contributed by atoms with E-state index in [-0.39, 0.29) is 53.5 Å². The number of ether oxygens (including phenoxy) is 4. The Kier molecular flexibility index (Phi) is 32.3. The first-order valence-electron chi connectivity index (χ1n) is 20.3. The fourth-order valence-corrected chi connectivity index (χ4v) is 239. The summed E-state index contributed by atoms with van der Waals surface area (Å²) in [5.74, 6) is 0.0416. The molecule has 1 saturated heterocycles. The van der Waals surface area contributed by atoms with Crippen LogP contribution in [0.25, 0.3) is 0 Å². The molecule has 2 bridgehead atoms. The topological polar surface area (TPSA) is 105 Å². The van der Waals surface area contributed by atoms with E-state index < -0.39 is 124 Å². The van der Waals surface area contributed by atoms with Gasteiger partial charge in [-0.3, -0.25) is 0 Å². The van der Waals surface area contributed by atoms with Crippen LogP contribution in [0.1, 0.15) is 52.5 Å². The summed E-state index contributed by atoms with van der Waals surface area (Å²) in [7, 11) is 49.3. The van der Waals surface area contributed by atoms with Gasteiger partial charge in [-0.25, -0.2) is 0 Å². The van der Waals surface area contributed by atoms with Gasteiger partial charge < -0.3 is 42.7 Å². The summed E-state index contributed by atoms with van der Waals surface area (Å²) >= 11 is 0. The van der Waals surface area contributed by atoms with Crippen LogP contribution < -0.4 is 4.74 Å². The molecule has 0 spiro atoms. The van der Waals surface area contributed by atoms with Gasteiger partial charge in [-0.05, 0) is 98.1 Å². The summed E-state index contributed by atoms with van der Waals surface area (Å²) in [4.78, 5) is 0. The maximum absolute atomic E-state index is 14.3. The Balaban J connectivity index is 1.83. The minimum atomic E-state index is -1.70. The summed E-state index contributed by atoms with van der Waals surface area (Å²) in [6.07, 6.45) is -1.77. The lowest BCUT2D eigenvalue weighted by atomic mass is 9.45. The van der Waals surface area contributed by atoms with Gasteiger partial charge in [0.2, 0.25) is 0 Å². The second kappa shape index (κ2) is 31.3. The highest BCUT2D eigenvalue weighted by Crippen LogP contribution is 3.21. The van der Waals surface area contributed by atoms with Crippen LogP contribution in [0.4, 0.5) is 0 Å². The molecule has 5 rings (SSSR count). The lowest BCUT2D eigenvalue weighted by molar-refractivity contribution is -0.349. The average molecular weight is 1490 g/mol. The molecule has 21 unspecified atom stereocenters. The average Bonchev–Trinajstić information content (AvgIpc) is 3.24. The molecule has 1 aromatic rings. The Morgan fingerprint density at radius 3 is 1.81 bits per heavy atom. The normalized spacial score (nSPS) is 33.1. The smallest absolute Gasteiger partial charge is 0.147 e. The van der Waals surface area contributed by atoms with Gasteiger partial charge in [0, 0.05) is 43.6 Å². The van der Waals surface area contributed by atoms with Gasteiger partial charge in [0.25, 0.3) is 0 Å². The van der Waals surface area contributed by atoms with Crippen LogP contribution in [0.3, 0.4) is 0 Å². The van der Waals surface area contributed by atoms with Crippen molar-refractivity contribution in [3.63, 3.8) is 0 Å². The molecule has 9 nitrogen and oxygen atoms in total. The van der Waals surface area contributed by atoms with E-state index in [2.05, 4.69) is 171 Å². The summed E-state index contributed by atoms with van der Waals surface area (Å²) in [5, 5.41) is 28.3. The zero-order valence-electron chi connectivity index (χ0n) is 38.3. The monoisotopic (exact) mass is 1490 g/mol. The van der Waals surface area contributed by atoms with Gasteiger partial charge in [-0.2, -0.15) is 0 Å². The summed E-state index contributed by atoms with van der Waals surface area (Å²) in [5.41, 5.74) is -1.51. The first-order chi connectivity index (χ1) is 31.6. The molecule has 2 N–H and O–H groups in total. The van der Waals surface area contributed by atoms with E-state index in [0.717, 1.165) is 22.5 Å². The van der Waals surface area contributed by atoms with Gasteiger partial charge in [0.1, 0.15) is 23.7 Å². The van der Waals surface area contributed by atoms with Gasteiger partial charge in [-0.15, -0.1) is 134 Å². The molecule has 392 valence electrons. The number of fused-ring (bicyclic) bond motifs is 5. The Bertz CT molecular complexity index is 1810. The van der Waals surface area contributed by atoms with Crippen molar-refractivity contribution in [1.82, 2.24) is 0 Å². The van der Waals surface area contributed by atoms with Crippen LogP contribution in [-0.2, 0) is 34.4 Å². The predicted octanol–water partition coefficient (Wildman–Crippen LogP) is 20.1. The minimum Gasteiger partial charge on any atom is -0.497 e. The number of aliphatic hydroxyl groups is 2. The Hall–Kier alpha value is 11.3.